The molecule has 0 bridgehead atoms. The van der Waals surface area contributed by atoms with E-state index in [1.165, 1.54) is 18.9 Å². The molecule has 82 valence electrons. The van der Waals surface area contributed by atoms with Crippen LogP contribution in [0.3, 0.4) is 0 Å². The number of rotatable bonds is 4. The van der Waals surface area contributed by atoms with Crippen LogP contribution in [0.15, 0.2) is 23.1 Å². The van der Waals surface area contributed by atoms with E-state index in [9.17, 15) is 4.79 Å². The number of thioether (sulfide) groups is 1. The van der Waals surface area contributed by atoms with E-state index in [0.29, 0.717) is 17.1 Å². The van der Waals surface area contributed by atoms with Gasteiger partial charge >= 0.3 is 5.97 Å². The van der Waals surface area contributed by atoms with Crippen molar-refractivity contribution in [3.8, 4) is 0 Å². The summed E-state index contributed by atoms with van der Waals surface area (Å²) in [6.07, 6.45) is 0. The Hall–Kier alpha value is -0.870. The van der Waals surface area contributed by atoms with Crippen molar-refractivity contribution < 1.29 is 9.53 Å². The number of carbonyl (C=O) groups excluding carboxylic acids is 1. The molecule has 0 saturated carbocycles. The molecule has 0 heterocycles. The standard InChI is InChI=1S/C10H12ClNO2S/c1-14-10(13)7-2-3-8(12)9(6-7)15-5-4-11/h2-3,6H,4-5,12H2,1H3. The summed E-state index contributed by atoms with van der Waals surface area (Å²) >= 11 is 7.10. The zero-order valence-corrected chi connectivity index (χ0v) is 9.90. The van der Waals surface area contributed by atoms with Gasteiger partial charge in [-0.15, -0.1) is 23.4 Å². The second-order valence-electron chi connectivity index (χ2n) is 2.78. The highest BCUT2D eigenvalue weighted by Crippen LogP contribution is 2.26. The van der Waals surface area contributed by atoms with Crippen LogP contribution in [0.25, 0.3) is 0 Å². The first-order chi connectivity index (χ1) is 7.19. The molecule has 0 amide bonds. The molecule has 1 rings (SSSR count). The summed E-state index contributed by atoms with van der Waals surface area (Å²) in [5.74, 6) is 0.950. The Balaban J connectivity index is 2.89. The van der Waals surface area contributed by atoms with Crippen LogP contribution < -0.4 is 5.73 Å². The Morgan fingerprint density at radius 3 is 2.93 bits per heavy atom. The molecule has 3 nitrogen and oxygen atoms in total. The number of hydrogen-bond acceptors (Lipinski definition) is 4. The first-order valence-electron chi connectivity index (χ1n) is 4.35. The van der Waals surface area contributed by atoms with Gasteiger partial charge in [-0.3, -0.25) is 0 Å². The van der Waals surface area contributed by atoms with E-state index < -0.39 is 0 Å². The van der Waals surface area contributed by atoms with Crippen molar-refractivity contribution >= 4 is 35.0 Å². The van der Waals surface area contributed by atoms with Gasteiger partial charge in [0.25, 0.3) is 0 Å². The third-order valence-electron chi connectivity index (χ3n) is 1.77. The first-order valence-corrected chi connectivity index (χ1v) is 5.87. The number of methoxy groups -OCH3 is 1. The highest BCUT2D eigenvalue weighted by Gasteiger charge is 2.08. The molecule has 0 aliphatic heterocycles. The van der Waals surface area contributed by atoms with Gasteiger partial charge in [-0.1, -0.05) is 0 Å². The fourth-order valence-electron chi connectivity index (χ4n) is 1.05. The summed E-state index contributed by atoms with van der Waals surface area (Å²) in [4.78, 5) is 12.1. The molecule has 0 spiro atoms. The lowest BCUT2D eigenvalue weighted by atomic mass is 10.2. The van der Waals surface area contributed by atoms with Gasteiger partial charge < -0.3 is 10.5 Å². The predicted octanol–water partition coefficient (Wildman–Crippen LogP) is 2.39. The third-order valence-corrected chi connectivity index (χ3v) is 3.26. The molecule has 0 fully saturated rings. The highest BCUT2D eigenvalue weighted by molar-refractivity contribution is 7.99. The van der Waals surface area contributed by atoms with Crippen LogP contribution in [0.2, 0.25) is 0 Å². The van der Waals surface area contributed by atoms with Gasteiger partial charge in [0.15, 0.2) is 0 Å². The number of halogens is 1. The maximum Gasteiger partial charge on any atom is 0.337 e. The third kappa shape index (κ3) is 3.32. The van der Waals surface area contributed by atoms with Crippen LogP contribution in [0.1, 0.15) is 10.4 Å². The average molecular weight is 246 g/mol. The van der Waals surface area contributed by atoms with Crippen molar-refractivity contribution in [1.82, 2.24) is 0 Å². The van der Waals surface area contributed by atoms with Crippen LogP contribution in [-0.4, -0.2) is 24.7 Å². The second-order valence-corrected chi connectivity index (χ2v) is 4.30. The molecule has 1 aromatic carbocycles. The Morgan fingerprint density at radius 1 is 1.60 bits per heavy atom. The van der Waals surface area contributed by atoms with Crippen LogP contribution in [-0.2, 0) is 4.74 Å². The van der Waals surface area contributed by atoms with E-state index >= 15 is 0 Å². The van der Waals surface area contributed by atoms with Gasteiger partial charge in [0.2, 0.25) is 0 Å². The van der Waals surface area contributed by atoms with Crippen molar-refractivity contribution in [2.24, 2.45) is 0 Å². The molecule has 2 N–H and O–H groups in total. The largest absolute Gasteiger partial charge is 0.465 e. The molecular weight excluding hydrogens is 234 g/mol. The number of carbonyl (C=O) groups is 1. The van der Waals surface area contributed by atoms with Crippen LogP contribution in [0, 0.1) is 0 Å². The van der Waals surface area contributed by atoms with Crippen molar-refractivity contribution in [2.45, 2.75) is 4.90 Å². The Morgan fingerprint density at radius 2 is 2.33 bits per heavy atom. The zero-order chi connectivity index (χ0) is 11.3. The maximum atomic E-state index is 11.3. The van der Waals surface area contributed by atoms with E-state index in [2.05, 4.69) is 4.74 Å². The fraction of sp³-hybridized carbons (Fsp3) is 0.300. The smallest absolute Gasteiger partial charge is 0.337 e. The van der Waals surface area contributed by atoms with Crippen molar-refractivity contribution in [2.75, 3.05) is 24.5 Å². The number of benzene rings is 1. The highest BCUT2D eigenvalue weighted by atomic mass is 35.5. The van der Waals surface area contributed by atoms with Crippen molar-refractivity contribution in [3.05, 3.63) is 23.8 Å². The quantitative estimate of drug-likeness (QED) is 0.383. The molecule has 0 aliphatic rings. The van der Waals surface area contributed by atoms with E-state index in [1.807, 2.05) is 0 Å². The minimum absolute atomic E-state index is 0.359. The number of alkyl halides is 1. The number of nitrogen functional groups attached to an aromatic ring is 1. The lowest BCUT2D eigenvalue weighted by Crippen LogP contribution is -2.02. The zero-order valence-electron chi connectivity index (χ0n) is 8.33. The van der Waals surface area contributed by atoms with Gasteiger partial charge in [-0.05, 0) is 18.2 Å². The van der Waals surface area contributed by atoms with E-state index in [1.54, 1.807) is 18.2 Å². The van der Waals surface area contributed by atoms with E-state index in [0.717, 1.165) is 10.6 Å². The Labute approximate surface area is 97.9 Å². The Bertz CT molecular complexity index is 357. The molecule has 0 saturated heterocycles. The van der Waals surface area contributed by atoms with Crippen molar-refractivity contribution in [1.29, 1.82) is 0 Å². The molecule has 0 aromatic heterocycles. The lowest BCUT2D eigenvalue weighted by Gasteiger charge is -2.06. The van der Waals surface area contributed by atoms with E-state index in [4.69, 9.17) is 17.3 Å². The predicted molar refractivity (Wildman–Crippen MR) is 63.6 cm³/mol. The molecule has 5 heteroatoms. The number of anilines is 1. The number of esters is 1. The molecular formula is C10H12ClNO2S. The summed E-state index contributed by atoms with van der Waals surface area (Å²) in [7, 11) is 1.35. The monoisotopic (exact) mass is 245 g/mol. The van der Waals surface area contributed by atoms with Gasteiger partial charge in [0.05, 0.1) is 12.7 Å². The van der Waals surface area contributed by atoms with Crippen LogP contribution in [0.5, 0.6) is 0 Å². The number of hydrogen-bond donors (Lipinski definition) is 1. The summed E-state index contributed by atoms with van der Waals surface area (Å²) in [5.41, 5.74) is 6.91. The van der Waals surface area contributed by atoms with Gasteiger partial charge in [0, 0.05) is 22.2 Å². The summed E-state index contributed by atoms with van der Waals surface area (Å²) in [5, 5.41) is 0. The molecule has 0 unspecified atom stereocenters. The molecule has 0 radical (unpaired) electrons. The minimum atomic E-state index is -0.359. The topological polar surface area (TPSA) is 52.3 Å². The lowest BCUT2D eigenvalue weighted by molar-refractivity contribution is 0.0600. The molecule has 0 aliphatic carbocycles. The van der Waals surface area contributed by atoms with Crippen LogP contribution in [0.4, 0.5) is 5.69 Å². The summed E-state index contributed by atoms with van der Waals surface area (Å²) in [6, 6.07) is 5.06. The number of nitrogens with two attached hydrogens (primary N) is 1. The SMILES string of the molecule is COC(=O)c1ccc(N)c(SCCCl)c1. The van der Waals surface area contributed by atoms with Crippen LogP contribution >= 0.6 is 23.4 Å². The van der Waals surface area contributed by atoms with E-state index in [-0.39, 0.29) is 5.97 Å². The number of ether oxygens (including phenoxy) is 1. The summed E-state index contributed by atoms with van der Waals surface area (Å²) in [6.45, 7) is 0. The van der Waals surface area contributed by atoms with Gasteiger partial charge in [-0.25, -0.2) is 4.79 Å². The maximum absolute atomic E-state index is 11.3. The van der Waals surface area contributed by atoms with Gasteiger partial charge in [0.1, 0.15) is 0 Å². The minimum Gasteiger partial charge on any atom is -0.465 e. The fourth-order valence-corrected chi connectivity index (χ4v) is 2.03. The molecule has 15 heavy (non-hydrogen) atoms. The summed E-state index contributed by atoms with van der Waals surface area (Å²) < 4.78 is 4.62. The van der Waals surface area contributed by atoms with Gasteiger partial charge in [-0.2, -0.15) is 0 Å². The molecule has 1 aromatic rings. The average Bonchev–Trinajstić information content (AvgIpc) is 2.27. The molecule has 0 atom stereocenters. The Kier molecular flexibility index (Phi) is 4.78. The normalized spacial score (nSPS) is 10.0. The second kappa shape index (κ2) is 5.88. The first kappa shape index (κ1) is 12.2. The van der Waals surface area contributed by atoms with Crippen molar-refractivity contribution in [3.63, 3.8) is 0 Å².